The van der Waals surface area contributed by atoms with E-state index in [-0.39, 0.29) is 5.82 Å². The first-order chi connectivity index (χ1) is 13.5. The first kappa shape index (κ1) is 18.5. The van der Waals surface area contributed by atoms with Crippen LogP contribution in [0.5, 0.6) is 0 Å². The summed E-state index contributed by atoms with van der Waals surface area (Å²) in [6.07, 6.45) is 5.92. The predicted molar refractivity (Wildman–Crippen MR) is 113 cm³/mol. The number of anilines is 4. The third-order valence-corrected chi connectivity index (χ3v) is 5.33. The fraction of sp³-hybridized carbons (Fsp3) is 0.316. The fourth-order valence-corrected chi connectivity index (χ4v) is 3.58. The van der Waals surface area contributed by atoms with E-state index in [0.29, 0.717) is 28.4 Å². The molecule has 1 aromatic carbocycles. The quantitative estimate of drug-likeness (QED) is 0.578. The summed E-state index contributed by atoms with van der Waals surface area (Å²) in [5, 5.41) is 7.98. The second kappa shape index (κ2) is 7.65. The molecule has 0 atom stereocenters. The highest BCUT2D eigenvalue weighted by molar-refractivity contribution is 6.35. The Balaban J connectivity index is 1.57. The summed E-state index contributed by atoms with van der Waals surface area (Å²) in [6.45, 7) is 2.15. The van der Waals surface area contributed by atoms with Gasteiger partial charge in [0.2, 0.25) is 5.95 Å². The normalized spacial score (nSPS) is 15.6. The summed E-state index contributed by atoms with van der Waals surface area (Å²) >= 11 is 6.33. The van der Waals surface area contributed by atoms with E-state index in [1.165, 1.54) is 0 Å². The number of halogens is 1. The van der Waals surface area contributed by atoms with Crippen LogP contribution >= 0.6 is 11.6 Å². The zero-order valence-corrected chi connectivity index (χ0v) is 16.4. The Morgan fingerprint density at radius 3 is 2.71 bits per heavy atom. The second-order valence-electron chi connectivity index (χ2n) is 7.09. The van der Waals surface area contributed by atoms with Crippen molar-refractivity contribution in [2.45, 2.75) is 18.9 Å². The number of benzene rings is 1. The summed E-state index contributed by atoms with van der Waals surface area (Å²) in [5.41, 5.74) is 14.6. The molecule has 146 valence electrons. The topological polar surface area (TPSA) is 111 Å². The van der Waals surface area contributed by atoms with E-state index in [9.17, 15) is 0 Å². The Labute approximate surface area is 168 Å². The maximum Gasteiger partial charge on any atom is 0.229 e. The lowest BCUT2D eigenvalue weighted by molar-refractivity contribution is 0.212. The van der Waals surface area contributed by atoms with Gasteiger partial charge in [0.25, 0.3) is 0 Å². The molecule has 9 heteroatoms. The first-order valence-corrected chi connectivity index (χ1v) is 9.56. The number of hydrogen-bond acceptors (Lipinski definition) is 7. The molecule has 1 aliphatic rings. The molecule has 4 rings (SSSR count). The number of nitrogens with two attached hydrogens (primary N) is 2. The lowest BCUT2D eigenvalue weighted by atomic mass is 10.1. The third-order valence-electron chi connectivity index (χ3n) is 4.96. The maximum atomic E-state index is 6.33. The SMILES string of the molecule is CN1CCC(n2cc(Nc3nc(N)c(Cl)c(-c4cccc(N)c4)n3)cn2)CC1. The minimum absolute atomic E-state index is 0.208. The van der Waals surface area contributed by atoms with Crippen LogP contribution in [0.1, 0.15) is 18.9 Å². The lowest BCUT2D eigenvalue weighted by Crippen LogP contribution is -2.31. The van der Waals surface area contributed by atoms with Crippen molar-refractivity contribution < 1.29 is 0 Å². The molecule has 0 unspecified atom stereocenters. The highest BCUT2D eigenvalue weighted by Gasteiger charge is 2.19. The van der Waals surface area contributed by atoms with Crippen LogP contribution in [0.3, 0.4) is 0 Å². The van der Waals surface area contributed by atoms with E-state index in [1.807, 2.05) is 23.0 Å². The van der Waals surface area contributed by atoms with E-state index >= 15 is 0 Å². The molecule has 28 heavy (non-hydrogen) atoms. The minimum Gasteiger partial charge on any atom is -0.399 e. The molecule has 3 heterocycles. The summed E-state index contributed by atoms with van der Waals surface area (Å²) in [7, 11) is 2.15. The lowest BCUT2D eigenvalue weighted by Gasteiger charge is -2.28. The summed E-state index contributed by atoms with van der Waals surface area (Å²) < 4.78 is 2.01. The molecular weight excluding hydrogens is 376 g/mol. The van der Waals surface area contributed by atoms with Crippen LogP contribution in [0, 0.1) is 0 Å². The maximum absolute atomic E-state index is 6.33. The summed E-state index contributed by atoms with van der Waals surface area (Å²) in [6, 6.07) is 7.74. The summed E-state index contributed by atoms with van der Waals surface area (Å²) in [5.74, 6) is 0.571. The van der Waals surface area contributed by atoms with Crippen LogP contribution in [0.2, 0.25) is 5.02 Å². The average Bonchev–Trinajstić information content (AvgIpc) is 3.13. The van der Waals surface area contributed by atoms with Gasteiger partial charge in [0.05, 0.1) is 23.6 Å². The number of piperidine rings is 1. The van der Waals surface area contributed by atoms with Crippen LogP contribution in [0.25, 0.3) is 11.3 Å². The highest BCUT2D eigenvalue weighted by Crippen LogP contribution is 2.32. The van der Waals surface area contributed by atoms with Gasteiger partial charge in [-0.1, -0.05) is 23.7 Å². The third kappa shape index (κ3) is 3.88. The molecular formula is C19H23ClN8. The molecule has 0 spiro atoms. The zero-order chi connectivity index (χ0) is 19.7. The van der Waals surface area contributed by atoms with Crippen molar-refractivity contribution in [3.05, 3.63) is 41.7 Å². The van der Waals surface area contributed by atoms with E-state index in [2.05, 4.69) is 32.3 Å². The van der Waals surface area contributed by atoms with Gasteiger partial charge >= 0.3 is 0 Å². The molecule has 0 bridgehead atoms. The zero-order valence-electron chi connectivity index (χ0n) is 15.6. The Hall–Kier alpha value is -2.84. The van der Waals surface area contributed by atoms with Crippen molar-refractivity contribution in [2.75, 3.05) is 36.9 Å². The standard InChI is InChI=1S/C19H23ClN8/c1-27-7-5-15(6-8-27)28-11-14(10-23-28)24-19-25-17(16(20)18(22)26-19)12-3-2-4-13(21)9-12/h2-4,9-11,15H,5-8,21H2,1H3,(H3,22,24,25,26). The Bertz CT molecular complexity index is 978. The van der Waals surface area contributed by atoms with Crippen LogP contribution in [-0.2, 0) is 0 Å². The van der Waals surface area contributed by atoms with E-state index in [1.54, 1.807) is 18.3 Å². The Morgan fingerprint density at radius 2 is 1.96 bits per heavy atom. The number of nitrogens with zero attached hydrogens (tertiary/aromatic N) is 5. The molecule has 3 aromatic rings. The van der Waals surface area contributed by atoms with Crippen molar-refractivity contribution >= 4 is 34.7 Å². The first-order valence-electron chi connectivity index (χ1n) is 9.18. The van der Waals surface area contributed by atoms with Crippen LogP contribution in [0.15, 0.2) is 36.7 Å². The molecule has 0 saturated carbocycles. The van der Waals surface area contributed by atoms with Gasteiger partial charge in [-0.2, -0.15) is 10.1 Å². The fourth-order valence-electron chi connectivity index (χ4n) is 3.39. The molecule has 1 fully saturated rings. The predicted octanol–water partition coefficient (Wildman–Crippen LogP) is 3.17. The van der Waals surface area contributed by atoms with Crippen molar-refractivity contribution in [2.24, 2.45) is 0 Å². The van der Waals surface area contributed by atoms with Gasteiger partial charge in [0, 0.05) is 17.4 Å². The van der Waals surface area contributed by atoms with Crippen LogP contribution in [0.4, 0.5) is 23.1 Å². The Morgan fingerprint density at radius 1 is 1.18 bits per heavy atom. The van der Waals surface area contributed by atoms with Gasteiger partial charge in [-0.05, 0) is 45.1 Å². The van der Waals surface area contributed by atoms with Crippen molar-refractivity contribution in [3.63, 3.8) is 0 Å². The molecule has 8 nitrogen and oxygen atoms in total. The van der Waals surface area contributed by atoms with Gasteiger partial charge < -0.3 is 21.7 Å². The molecule has 0 aliphatic carbocycles. The largest absolute Gasteiger partial charge is 0.399 e. The second-order valence-corrected chi connectivity index (χ2v) is 7.47. The van der Waals surface area contributed by atoms with Crippen LogP contribution in [-0.4, -0.2) is 44.8 Å². The number of likely N-dealkylation sites (tertiary alicyclic amines) is 1. The Kier molecular flexibility index (Phi) is 5.06. The van der Waals surface area contributed by atoms with Gasteiger partial charge in [-0.3, -0.25) is 4.68 Å². The number of aromatic nitrogens is 4. The average molecular weight is 399 g/mol. The molecule has 0 radical (unpaired) electrons. The summed E-state index contributed by atoms with van der Waals surface area (Å²) in [4.78, 5) is 11.1. The van der Waals surface area contributed by atoms with Gasteiger partial charge in [-0.25, -0.2) is 4.98 Å². The molecule has 1 saturated heterocycles. The number of rotatable bonds is 4. The van der Waals surface area contributed by atoms with Crippen molar-refractivity contribution in [1.29, 1.82) is 0 Å². The molecule has 0 amide bonds. The van der Waals surface area contributed by atoms with E-state index in [4.69, 9.17) is 23.1 Å². The minimum atomic E-state index is 0.208. The van der Waals surface area contributed by atoms with Crippen LogP contribution < -0.4 is 16.8 Å². The molecule has 5 N–H and O–H groups in total. The van der Waals surface area contributed by atoms with Gasteiger partial charge in [0.1, 0.15) is 10.8 Å². The van der Waals surface area contributed by atoms with Crippen molar-refractivity contribution in [3.8, 4) is 11.3 Å². The number of nitrogen functional groups attached to an aromatic ring is 2. The monoisotopic (exact) mass is 398 g/mol. The van der Waals surface area contributed by atoms with Crippen molar-refractivity contribution in [1.82, 2.24) is 24.6 Å². The molecule has 2 aromatic heterocycles. The van der Waals surface area contributed by atoms with Gasteiger partial charge in [0.15, 0.2) is 0 Å². The smallest absolute Gasteiger partial charge is 0.229 e. The van der Waals surface area contributed by atoms with Gasteiger partial charge in [-0.15, -0.1) is 0 Å². The molecule has 1 aliphatic heterocycles. The number of nitrogens with one attached hydrogen (secondary N) is 1. The number of hydrogen-bond donors (Lipinski definition) is 3. The van der Waals surface area contributed by atoms with E-state index in [0.717, 1.165) is 37.2 Å². The highest BCUT2D eigenvalue weighted by atomic mass is 35.5. The van der Waals surface area contributed by atoms with E-state index < -0.39 is 0 Å².